The number of rotatable bonds is 5. The second-order valence-electron chi connectivity index (χ2n) is 6.15. The fourth-order valence-electron chi connectivity index (χ4n) is 3.29. The minimum Gasteiger partial charge on any atom is -0.355 e. The van der Waals surface area contributed by atoms with Gasteiger partial charge in [0, 0.05) is 37.8 Å². The number of nitrogens with two attached hydrogens (primary N) is 1. The Morgan fingerprint density at radius 1 is 1.35 bits per heavy atom. The standard InChI is InChI=1S/C18H24N4O/c19-8-10-21-18(23)16-7-3-11-22(13-16)12-15-5-1-4-14-6-2-9-20-17(14)15/h1-2,4-6,9,16H,3,7-8,10-13,19H2,(H,21,23). The van der Waals surface area contributed by atoms with Crippen LogP contribution >= 0.6 is 0 Å². The van der Waals surface area contributed by atoms with Crippen LogP contribution in [-0.2, 0) is 11.3 Å². The summed E-state index contributed by atoms with van der Waals surface area (Å²) in [6.07, 6.45) is 3.85. The second-order valence-corrected chi connectivity index (χ2v) is 6.15. The summed E-state index contributed by atoms with van der Waals surface area (Å²) in [5, 5.41) is 4.08. The third kappa shape index (κ3) is 3.86. The number of carbonyl (C=O) groups is 1. The fourth-order valence-corrected chi connectivity index (χ4v) is 3.29. The lowest BCUT2D eigenvalue weighted by atomic mass is 9.96. The van der Waals surface area contributed by atoms with Crippen molar-refractivity contribution < 1.29 is 4.79 Å². The van der Waals surface area contributed by atoms with E-state index in [0.29, 0.717) is 13.1 Å². The quantitative estimate of drug-likeness (QED) is 0.878. The molecular formula is C18H24N4O. The first kappa shape index (κ1) is 15.9. The van der Waals surface area contributed by atoms with Crippen molar-refractivity contribution >= 4 is 16.8 Å². The molecule has 0 spiro atoms. The Kier molecular flexibility index (Phi) is 5.20. The van der Waals surface area contributed by atoms with Gasteiger partial charge in [0.1, 0.15) is 0 Å². The molecule has 1 fully saturated rings. The third-order valence-corrected chi connectivity index (χ3v) is 4.43. The summed E-state index contributed by atoms with van der Waals surface area (Å²) in [5.74, 6) is 0.203. The van der Waals surface area contributed by atoms with Crippen molar-refractivity contribution in [3.8, 4) is 0 Å². The lowest BCUT2D eigenvalue weighted by Gasteiger charge is -2.32. The van der Waals surface area contributed by atoms with Crippen molar-refractivity contribution in [2.45, 2.75) is 19.4 Å². The van der Waals surface area contributed by atoms with E-state index in [4.69, 9.17) is 5.73 Å². The molecule has 1 aromatic carbocycles. The Hall–Kier alpha value is -1.98. The van der Waals surface area contributed by atoms with E-state index in [-0.39, 0.29) is 11.8 Å². The molecule has 3 N–H and O–H groups in total. The number of amides is 1. The van der Waals surface area contributed by atoms with Gasteiger partial charge in [0.05, 0.1) is 11.4 Å². The van der Waals surface area contributed by atoms with E-state index in [9.17, 15) is 4.79 Å². The zero-order valence-electron chi connectivity index (χ0n) is 13.4. The second kappa shape index (κ2) is 7.53. The Balaban J connectivity index is 1.68. The van der Waals surface area contributed by atoms with Crippen LogP contribution in [0.1, 0.15) is 18.4 Å². The third-order valence-electron chi connectivity index (χ3n) is 4.43. The van der Waals surface area contributed by atoms with Gasteiger partial charge in [-0.1, -0.05) is 24.3 Å². The summed E-state index contributed by atoms with van der Waals surface area (Å²) in [6.45, 7) is 3.73. The number of nitrogens with one attached hydrogen (secondary N) is 1. The number of piperidine rings is 1. The van der Waals surface area contributed by atoms with E-state index < -0.39 is 0 Å². The van der Waals surface area contributed by atoms with Gasteiger partial charge in [-0.25, -0.2) is 0 Å². The Bertz CT molecular complexity index is 668. The number of nitrogens with zero attached hydrogens (tertiary/aromatic N) is 2. The Morgan fingerprint density at radius 3 is 3.09 bits per heavy atom. The van der Waals surface area contributed by atoms with Crippen LogP contribution in [0.25, 0.3) is 10.9 Å². The average Bonchev–Trinajstić information content (AvgIpc) is 2.60. The summed E-state index contributed by atoms with van der Waals surface area (Å²) < 4.78 is 0. The first-order valence-electron chi connectivity index (χ1n) is 8.30. The average molecular weight is 312 g/mol. The van der Waals surface area contributed by atoms with Crippen molar-refractivity contribution in [3.05, 3.63) is 42.1 Å². The highest BCUT2D eigenvalue weighted by molar-refractivity contribution is 5.81. The summed E-state index contributed by atoms with van der Waals surface area (Å²) in [6, 6.07) is 10.4. The van der Waals surface area contributed by atoms with Crippen LogP contribution in [0.2, 0.25) is 0 Å². The number of fused-ring (bicyclic) bond motifs is 1. The van der Waals surface area contributed by atoms with Crippen molar-refractivity contribution in [1.29, 1.82) is 0 Å². The molecule has 5 heteroatoms. The highest BCUT2D eigenvalue weighted by Crippen LogP contribution is 2.22. The number of hydrogen-bond donors (Lipinski definition) is 2. The number of para-hydroxylation sites is 1. The smallest absolute Gasteiger partial charge is 0.224 e. The molecule has 3 rings (SSSR count). The molecule has 23 heavy (non-hydrogen) atoms. The zero-order valence-corrected chi connectivity index (χ0v) is 13.4. The molecule has 0 saturated carbocycles. The van der Waals surface area contributed by atoms with Crippen LogP contribution in [0.5, 0.6) is 0 Å². The van der Waals surface area contributed by atoms with Gasteiger partial charge in [-0.3, -0.25) is 14.7 Å². The lowest BCUT2D eigenvalue weighted by Crippen LogP contribution is -2.43. The van der Waals surface area contributed by atoms with Crippen LogP contribution in [0, 0.1) is 5.92 Å². The summed E-state index contributed by atoms with van der Waals surface area (Å²) >= 11 is 0. The minimum atomic E-state index is 0.0678. The number of benzene rings is 1. The van der Waals surface area contributed by atoms with Crippen LogP contribution < -0.4 is 11.1 Å². The zero-order chi connectivity index (χ0) is 16.1. The minimum absolute atomic E-state index is 0.0678. The van der Waals surface area contributed by atoms with E-state index in [2.05, 4.69) is 39.5 Å². The Labute approximate surface area is 136 Å². The molecule has 5 nitrogen and oxygen atoms in total. The molecule has 0 bridgehead atoms. The number of carbonyl (C=O) groups excluding carboxylic acids is 1. The highest BCUT2D eigenvalue weighted by atomic mass is 16.1. The van der Waals surface area contributed by atoms with Gasteiger partial charge in [-0.15, -0.1) is 0 Å². The maximum atomic E-state index is 12.2. The topological polar surface area (TPSA) is 71.2 Å². The first-order chi connectivity index (χ1) is 11.3. The van der Waals surface area contributed by atoms with Crippen molar-refractivity contribution in [1.82, 2.24) is 15.2 Å². The molecular weight excluding hydrogens is 288 g/mol. The van der Waals surface area contributed by atoms with Gasteiger partial charge in [-0.05, 0) is 31.0 Å². The molecule has 1 aliphatic rings. The summed E-state index contributed by atoms with van der Waals surface area (Å²) in [5.41, 5.74) is 7.74. The Morgan fingerprint density at radius 2 is 2.22 bits per heavy atom. The predicted molar refractivity (Wildman–Crippen MR) is 91.8 cm³/mol. The lowest BCUT2D eigenvalue weighted by molar-refractivity contribution is -0.126. The summed E-state index contributed by atoms with van der Waals surface area (Å²) in [4.78, 5) is 19.0. The number of likely N-dealkylation sites (tertiary alicyclic amines) is 1. The van der Waals surface area contributed by atoms with Gasteiger partial charge in [0.2, 0.25) is 5.91 Å². The van der Waals surface area contributed by atoms with Crippen LogP contribution in [0.3, 0.4) is 0 Å². The predicted octanol–water partition coefficient (Wildman–Crippen LogP) is 1.52. The van der Waals surface area contributed by atoms with Gasteiger partial charge in [0.25, 0.3) is 0 Å². The molecule has 1 saturated heterocycles. The van der Waals surface area contributed by atoms with E-state index in [0.717, 1.165) is 38.0 Å². The van der Waals surface area contributed by atoms with Crippen molar-refractivity contribution in [2.75, 3.05) is 26.2 Å². The molecule has 1 unspecified atom stereocenters. The molecule has 0 radical (unpaired) electrons. The number of aromatic nitrogens is 1. The summed E-state index contributed by atoms with van der Waals surface area (Å²) in [7, 11) is 0. The largest absolute Gasteiger partial charge is 0.355 e. The fraction of sp³-hybridized carbons (Fsp3) is 0.444. The van der Waals surface area contributed by atoms with E-state index >= 15 is 0 Å². The van der Waals surface area contributed by atoms with Gasteiger partial charge < -0.3 is 11.1 Å². The monoisotopic (exact) mass is 312 g/mol. The van der Waals surface area contributed by atoms with Crippen molar-refractivity contribution in [2.24, 2.45) is 11.7 Å². The SMILES string of the molecule is NCCNC(=O)C1CCCN(Cc2cccc3cccnc23)C1. The highest BCUT2D eigenvalue weighted by Gasteiger charge is 2.25. The van der Waals surface area contributed by atoms with E-state index in [1.54, 1.807) is 0 Å². The maximum Gasteiger partial charge on any atom is 0.224 e. The van der Waals surface area contributed by atoms with Gasteiger partial charge >= 0.3 is 0 Å². The molecule has 0 aliphatic carbocycles. The van der Waals surface area contributed by atoms with Gasteiger partial charge in [-0.2, -0.15) is 0 Å². The van der Waals surface area contributed by atoms with Gasteiger partial charge in [0.15, 0.2) is 0 Å². The molecule has 1 amide bonds. The molecule has 1 aromatic heterocycles. The number of hydrogen-bond acceptors (Lipinski definition) is 4. The molecule has 2 heterocycles. The maximum absolute atomic E-state index is 12.2. The molecule has 1 atom stereocenters. The van der Waals surface area contributed by atoms with E-state index in [1.165, 1.54) is 10.9 Å². The molecule has 1 aliphatic heterocycles. The van der Waals surface area contributed by atoms with Crippen LogP contribution in [0.15, 0.2) is 36.5 Å². The van der Waals surface area contributed by atoms with E-state index in [1.807, 2.05) is 12.3 Å². The van der Waals surface area contributed by atoms with Crippen molar-refractivity contribution in [3.63, 3.8) is 0 Å². The molecule has 122 valence electrons. The number of pyridine rings is 1. The van der Waals surface area contributed by atoms with Crippen LogP contribution in [-0.4, -0.2) is 42.0 Å². The molecule has 2 aromatic rings. The van der Waals surface area contributed by atoms with Crippen LogP contribution in [0.4, 0.5) is 0 Å². The normalized spacial score (nSPS) is 18.9. The first-order valence-corrected chi connectivity index (χ1v) is 8.30.